The van der Waals surface area contributed by atoms with Crippen molar-refractivity contribution >= 4 is 18.4 Å². The Morgan fingerprint density at radius 2 is 1.22 bits per heavy atom. The first-order chi connectivity index (χ1) is 8.71. The third-order valence-corrected chi connectivity index (χ3v) is 3.30. The van der Waals surface area contributed by atoms with E-state index in [9.17, 15) is 14.4 Å². The van der Waals surface area contributed by atoms with E-state index >= 15 is 0 Å². The summed E-state index contributed by atoms with van der Waals surface area (Å²) in [7, 11) is 0. The van der Waals surface area contributed by atoms with Gasteiger partial charge >= 0.3 is 0 Å². The molecule has 0 saturated carbocycles. The molecule has 3 nitrogen and oxygen atoms in total. The summed E-state index contributed by atoms with van der Waals surface area (Å²) in [5, 5.41) is 0. The lowest BCUT2D eigenvalue weighted by atomic mass is 9.87. The molecule has 0 saturated heterocycles. The molecule has 0 amide bonds. The van der Waals surface area contributed by atoms with Crippen LogP contribution in [0.1, 0.15) is 65.2 Å². The van der Waals surface area contributed by atoms with Crippen LogP contribution in [0.4, 0.5) is 0 Å². The Labute approximate surface area is 110 Å². The van der Waals surface area contributed by atoms with Gasteiger partial charge in [-0.05, 0) is 12.8 Å². The van der Waals surface area contributed by atoms with Gasteiger partial charge in [0.25, 0.3) is 0 Å². The number of ketones is 1. The third kappa shape index (κ3) is 6.67. The number of hydrogen-bond donors (Lipinski definition) is 0. The maximum Gasteiger partial charge on any atom is 0.153 e. The van der Waals surface area contributed by atoms with Gasteiger partial charge in [-0.1, -0.05) is 52.4 Å². The number of carbonyl (C=O) groups is 3. The van der Waals surface area contributed by atoms with Crippen molar-refractivity contribution in [2.75, 3.05) is 0 Å². The molecule has 2 atom stereocenters. The van der Waals surface area contributed by atoms with Gasteiger partial charge in [-0.3, -0.25) is 4.79 Å². The van der Waals surface area contributed by atoms with Gasteiger partial charge < -0.3 is 9.59 Å². The number of carbonyl (C=O) groups excluding carboxylic acids is 3. The largest absolute Gasteiger partial charge is 0.303 e. The molecule has 0 bridgehead atoms. The van der Waals surface area contributed by atoms with E-state index in [1.165, 1.54) is 0 Å². The molecule has 104 valence electrons. The zero-order valence-electron chi connectivity index (χ0n) is 11.7. The molecule has 0 aliphatic carbocycles. The highest BCUT2D eigenvalue weighted by molar-refractivity contribution is 6.01. The summed E-state index contributed by atoms with van der Waals surface area (Å²) in [6.45, 7) is 4.16. The standard InChI is InChI=1S/C15H26O3/c1-3-5-7-9-13(11-16)15(18)14(12-17)10-8-6-4-2/h11-14H,3-10H2,1-2H3. The van der Waals surface area contributed by atoms with Crippen molar-refractivity contribution in [1.82, 2.24) is 0 Å². The summed E-state index contributed by atoms with van der Waals surface area (Å²) in [5.41, 5.74) is 0. The minimum absolute atomic E-state index is 0.174. The molecule has 0 aromatic rings. The Balaban J connectivity index is 4.24. The second-order valence-corrected chi connectivity index (χ2v) is 4.88. The van der Waals surface area contributed by atoms with Gasteiger partial charge in [0.2, 0.25) is 0 Å². The van der Waals surface area contributed by atoms with Gasteiger partial charge in [0.05, 0.1) is 11.8 Å². The van der Waals surface area contributed by atoms with Crippen LogP contribution in [0, 0.1) is 11.8 Å². The summed E-state index contributed by atoms with van der Waals surface area (Å²) in [6, 6.07) is 0. The Bertz CT molecular complexity index is 224. The van der Waals surface area contributed by atoms with Crippen molar-refractivity contribution in [2.24, 2.45) is 11.8 Å². The van der Waals surface area contributed by atoms with E-state index < -0.39 is 11.8 Å². The lowest BCUT2D eigenvalue weighted by Crippen LogP contribution is -2.26. The summed E-state index contributed by atoms with van der Waals surface area (Å²) >= 11 is 0. The number of hydrogen-bond acceptors (Lipinski definition) is 3. The van der Waals surface area contributed by atoms with E-state index in [4.69, 9.17) is 0 Å². The topological polar surface area (TPSA) is 51.2 Å². The van der Waals surface area contributed by atoms with Crippen LogP contribution >= 0.6 is 0 Å². The van der Waals surface area contributed by atoms with Gasteiger partial charge in [-0.15, -0.1) is 0 Å². The predicted molar refractivity (Wildman–Crippen MR) is 72.4 cm³/mol. The summed E-state index contributed by atoms with van der Waals surface area (Å²) in [6.07, 6.45) is 8.56. The van der Waals surface area contributed by atoms with Crippen molar-refractivity contribution < 1.29 is 14.4 Å². The lowest BCUT2D eigenvalue weighted by Gasteiger charge is -2.14. The molecule has 0 aromatic carbocycles. The van der Waals surface area contributed by atoms with E-state index in [0.717, 1.165) is 38.5 Å². The van der Waals surface area contributed by atoms with Crippen LogP contribution in [0.25, 0.3) is 0 Å². The molecule has 0 fully saturated rings. The van der Waals surface area contributed by atoms with E-state index in [0.29, 0.717) is 25.4 Å². The van der Waals surface area contributed by atoms with Gasteiger partial charge in [-0.25, -0.2) is 0 Å². The first kappa shape index (κ1) is 17.0. The van der Waals surface area contributed by atoms with E-state index in [-0.39, 0.29) is 5.78 Å². The van der Waals surface area contributed by atoms with Crippen molar-refractivity contribution in [2.45, 2.75) is 65.2 Å². The molecular weight excluding hydrogens is 228 g/mol. The molecule has 0 radical (unpaired) electrons. The average molecular weight is 254 g/mol. The van der Waals surface area contributed by atoms with Crippen molar-refractivity contribution in [1.29, 1.82) is 0 Å². The predicted octanol–water partition coefficient (Wildman–Crippen LogP) is 3.35. The van der Waals surface area contributed by atoms with Crippen LogP contribution in [-0.2, 0) is 14.4 Å². The van der Waals surface area contributed by atoms with Crippen LogP contribution in [0.15, 0.2) is 0 Å². The van der Waals surface area contributed by atoms with Gasteiger partial charge in [0.1, 0.15) is 12.6 Å². The highest BCUT2D eigenvalue weighted by Crippen LogP contribution is 2.17. The van der Waals surface area contributed by atoms with Crippen LogP contribution in [0.3, 0.4) is 0 Å². The van der Waals surface area contributed by atoms with Crippen LogP contribution in [0.5, 0.6) is 0 Å². The first-order valence-corrected chi connectivity index (χ1v) is 7.15. The van der Waals surface area contributed by atoms with Crippen LogP contribution < -0.4 is 0 Å². The molecule has 18 heavy (non-hydrogen) atoms. The zero-order chi connectivity index (χ0) is 13.8. The molecule has 0 aliphatic rings. The molecule has 0 N–H and O–H groups in total. The van der Waals surface area contributed by atoms with E-state index in [2.05, 4.69) is 13.8 Å². The fraction of sp³-hybridized carbons (Fsp3) is 0.800. The Hall–Kier alpha value is -0.990. The Morgan fingerprint density at radius 1 is 0.833 bits per heavy atom. The first-order valence-electron chi connectivity index (χ1n) is 7.15. The smallest absolute Gasteiger partial charge is 0.153 e. The molecule has 0 aromatic heterocycles. The van der Waals surface area contributed by atoms with E-state index in [1.54, 1.807) is 0 Å². The maximum atomic E-state index is 12.0. The number of aldehydes is 2. The Kier molecular flexibility index (Phi) is 10.5. The normalized spacial score (nSPS) is 13.9. The molecule has 0 rings (SSSR count). The molecule has 0 spiro atoms. The highest BCUT2D eigenvalue weighted by Gasteiger charge is 2.25. The monoisotopic (exact) mass is 254 g/mol. The quantitative estimate of drug-likeness (QED) is 0.305. The number of rotatable bonds is 12. The van der Waals surface area contributed by atoms with Crippen LogP contribution in [-0.4, -0.2) is 18.4 Å². The third-order valence-electron chi connectivity index (χ3n) is 3.30. The van der Waals surface area contributed by atoms with Gasteiger partial charge in [0, 0.05) is 0 Å². The summed E-state index contributed by atoms with van der Waals surface area (Å²) in [5.74, 6) is -1.33. The SMILES string of the molecule is CCCCCC(C=O)C(=O)C(C=O)CCCCC. The molecule has 0 aliphatic heterocycles. The van der Waals surface area contributed by atoms with Crippen molar-refractivity contribution in [3.63, 3.8) is 0 Å². The van der Waals surface area contributed by atoms with Crippen molar-refractivity contribution in [3.05, 3.63) is 0 Å². The highest BCUT2D eigenvalue weighted by atomic mass is 16.2. The molecule has 2 unspecified atom stereocenters. The summed E-state index contributed by atoms with van der Waals surface area (Å²) in [4.78, 5) is 33.9. The Morgan fingerprint density at radius 3 is 1.50 bits per heavy atom. The fourth-order valence-electron chi connectivity index (χ4n) is 2.06. The molecule has 0 heterocycles. The number of unbranched alkanes of at least 4 members (excludes halogenated alkanes) is 4. The fourth-order valence-corrected chi connectivity index (χ4v) is 2.06. The lowest BCUT2D eigenvalue weighted by molar-refractivity contribution is -0.133. The minimum atomic E-state index is -0.576. The van der Waals surface area contributed by atoms with E-state index in [1.807, 2.05) is 0 Å². The van der Waals surface area contributed by atoms with Gasteiger partial charge in [-0.2, -0.15) is 0 Å². The van der Waals surface area contributed by atoms with Crippen LogP contribution in [0.2, 0.25) is 0 Å². The maximum absolute atomic E-state index is 12.0. The minimum Gasteiger partial charge on any atom is -0.303 e. The average Bonchev–Trinajstić information content (AvgIpc) is 2.39. The number of Topliss-reactive ketones (excluding diaryl/α,β-unsaturated/α-hetero) is 1. The van der Waals surface area contributed by atoms with Gasteiger partial charge in [0.15, 0.2) is 5.78 Å². The molecular formula is C15H26O3. The second-order valence-electron chi connectivity index (χ2n) is 4.88. The second kappa shape index (κ2) is 11.1. The van der Waals surface area contributed by atoms with Crippen molar-refractivity contribution in [3.8, 4) is 0 Å². The zero-order valence-corrected chi connectivity index (χ0v) is 11.7. The summed E-state index contributed by atoms with van der Waals surface area (Å²) < 4.78 is 0. The molecule has 3 heteroatoms.